The lowest BCUT2D eigenvalue weighted by atomic mass is 9.78. The van der Waals surface area contributed by atoms with Crippen molar-refractivity contribution in [2.24, 2.45) is 5.41 Å². The summed E-state index contributed by atoms with van der Waals surface area (Å²) >= 11 is 0. The SMILES string of the molecule is CCC(CNC(=O)CCCNC(=O)C(C)(C)C)(C(=O)O)c1ccccc1. The Morgan fingerprint density at radius 3 is 2.15 bits per heavy atom. The Bertz CT molecular complexity index is 622. The van der Waals surface area contributed by atoms with E-state index in [4.69, 9.17) is 0 Å². The van der Waals surface area contributed by atoms with Gasteiger partial charge in [-0.3, -0.25) is 14.4 Å². The summed E-state index contributed by atoms with van der Waals surface area (Å²) < 4.78 is 0. The van der Waals surface area contributed by atoms with E-state index in [0.717, 1.165) is 0 Å². The van der Waals surface area contributed by atoms with Crippen molar-refractivity contribution in [1.29, 1.82) is 0 Å². The Kier molecular flexibility index (Phi) is 7.80. The minimum absolute atomic E-state index is 0.0377. The van der Waals surface area contributed by atoms with Gasteiger partial charge in [0.2, 0.25) is 11.8 Å². The summed E-state index contributed by atoms with van der Waals surface area (Å²) in [5, 5.41) is 15.3. The number of carbonyl (C=O) groups excluding carboxylic acids is 2. The van der Waals surface area contributed by atoms with E-state index < -0.39 is 16.8 Å². The van der Waals surface area contributed by atoms with E-state index in [2.05, 4.69) is 10.6 Å². The highest BCUT2D eigenvalue weighted by molar-refractivity contribution is 5.84. The zero-order valence-electron chi connectivity index (χ0n) is 16.1. The van der Waals surface area contributed by atoms with Crippen LogP contribution in [0, 0.1) is 5.41 Å². The zero-order chi connectivity index (χ0) is 19.8. The standard InChI is InChI=1S/C20H30N2O4/c1-5-20(18(25)26,15-10-7-6-8-11-15)14-22-16(23)12-9-13-21-17(24)19(2,3)4/h6-8,10-11H,5,9,12-14H2,1-4H3,(H,21,24)(H,22,23)(H,25,26). The van der Waals surface area contributed by atoms with E-state index in [1.807, 2.05) is 26.8 Å². The lowest BCUT2D eigenvalue weighted by Crippen LogP contribution is -2.46. The molecule has 1 atom stereocenters. The first-order chi connectivity index (χ1) is 12.1. The molecule has 26 heavy (non-hydrogen) atoms. The molecular formula is C20H30N2O4. The number of benzene rings is 1. The maximum Gasteiger partial charge on any atom is 0.315 e. The topological polar surface area (TPSA) is 95.5 Å². The molecule has 0 bridgehead atoms. The number of hydrogen-bond donors (Lipinski definition) is 3. The fourth-order valence-corrected chi connectivity index (χ4v) is 2.59. The van der Waals surface area contributed by atoms with Crippen LogP contribution in [0.15, 0.2) is 30.3 Å². The van der Waals surface area contributed by atoms with Crippen molar-refractivity contribution in [1.82, 2.24) is 10.6 Å². The molecule has 0 aromatic heterocycles. The van der Waals surface area contributed by atoms with Crippen LogP contribution < -0.4 is 10.6 Å². The number of aliphatic carboxylic acids is 1. The number of carbonyl (C=O) groups is 3. The molecule has 3 N–H and O–H groups in total. The molecule has 0 aliphatic rings. The van der Waals surface area contributed by atoms with Crippen LogP contribution >= 0.6 is 0 Å². The monoisotopic (exact) mass is 362 g/mol. The Labute approximate surface area is 155 Å². The van der Waals surface area contributed by atoms with E-state index in [1.165, 1.54) is 0 Å². The minimum atomic E-state index is -1.14. The molecule has 0 spiro atoms. The summed E-state index contributed by atoms with van der Waals surface area (Å²) in [6.07, 6.45) is 1.11. The quantitative estimate of drug-likeness (QED) is 0.588. The smallest absolute Gasteiger partial charge is 0.315 e. The van der Waals surface area contributed by atoms with Gasteiger partial charge < -0.3 is 15.7 Å². The van der Waals surface area contributed by atoms with E-state index in [9.17, 15) is 19.5 Å². The summed E-state index contributed by atoms with van der Waals surface area (Å²) in [5.74, 6) is -1.23. The highest BCUT2D eigenvalue weighted by Gasteiger charge is 2.38. The van der Waals surface area contributed by atoms with Crippen LogP contribution in [0.1, 0.15) is 52.5 Å². The average molecular weight is 362 g/mol. The summed E-state index contributed by atoms with van der Waals surface area (Å²) in [6, 6.07) is 8.96. The Morgan fingerprint density at radius 2 is 1.65 bits per heavy atom. The molecule has 0 fully saturated rings. The summed E-state index contributed by atoms with van der Waals surface area (Å²) in [4.78, 5) is 35.7. The maximum absolute atomic E-state index is 12.1. The third-order valence-corrected chi connectivity index (χ3v) is 4.47. The second kappa shape index (κ2) is 9.36. The third kappa shape index (κ3) is 5.86. The molecule has 1 rings (SSSR count). The molecule has 0 saturated carbocycles. The van der Waals surface area contributed by atoms with Gasteiger partial charge in [0.05, 0.1) is 0 Å². The van der Waals surface area contributed by atoms with Crippen LogP contribution in [-0.2, 0) is 19.8 Å². The molecule has 0 aliphatic carbocycles. The number of hydrogen-bond acceptors (Lipinski definition) is 3. The fourth-order valence-electron chi connectivity index (χ4n) is 2.59. The number of nitrogens with one attached hydrogen (secondary N) is 2. The highest BCUT2D eigenvalue weighted by atomic mass is 16.4. The molecule has 0 saturated heterocycles. The van der Waals surface area contributed by atoms with Crippen molar-refractivity contribution in [3.8, 4) is 0 Å². The molecule has 144 valence electrons. The molecular weight excluding hydrogens is 332 g/mol. The van der Waals surface area contributed by atoms with Crippen LogP contribution in [0.5, 0.6) is 0 Å². The van der Waals surface area contributed by atoms with Crippen LogP contribution in [0.25, 0.3) is 0 Å². The van der Waals surface area contributed by atoms with Gasteiger partial charge in [0.15, 0.2) is 0 Å². The van der Waals surface area contributed by atoms with Gasteiger partial charge in [-0.15, -0.1) is 0 Å². The number of rotatable bonds is 9. The Morgan fingerprint density at radius 1 is 1.04 bits per heavy atom. The molecule has 0 heterocycles. The second-order valence-corrected chi connectivity index (χ2v) is 7.49. The van der Waals surface area contributed by atoms with E-state index >= 15 is 0 Å². The van der Waals surface area contributed by atoms with Gasteiger partial charge in [-0.1, -0.05) is 58.0 Å². The van der Waals surface area contributed by atoms with Crippen LogP contribution in [0.4, 0.5) is 0 Å². The van der Waals surface area contributed by atoms with Crippen molar-refractivity contribution in [2.45, 2.75) is 52.4 Å². The predicted octanol–water partition coefficient (Wildman–Crippen LogP) is 2.48. The lowest BCUT2D eigenvalue weighted by molar-refractivity contribution is -0.144. The van der Waals surface area contributed by atoms with Crippen LogP contribution in [-0.4, -0.2) is 36.0 Å². The number of amides is 2. The van der Waals surface area contributed by atoms with Crippen LogP contribution in [0.3, 0.4) is 0 Å². The van der Waals surface area contributed by atoms with E-state index in [-0.39, 0.29) is 24.8 Å². The largest absolute Gasteiger partial charge is 0.481 e. The number of carboxylic acids is 1. The molecule has 2 amide bonds. The maximum atomic E-state index is 12.1. The summed E-state index contributed by atoms with van der Waals surface area (Å²) in [5.41, 5.74) is -0.926. The first kappa shape index (κ1) is 21.7. The van der Waals surface area contributed by atoms with Gasteiger partial charge in [-0.05, 0) is 18.4 Å². The average Bonchev–Trinajstić information content (AvgIpc) is 2.59. The lowest BCUT2D eigenvalue weighted by Gasteiger charge is -2.29. The normalized spacial score (nSPS) is 13.5. The van der Waals surface area contributed by atoms with Gasteiger partial charge in [-0.2, -0.15) is 0 Å². The molecule has 1 aromatic rings. The van der Waals surface area contributed by atoms with E-state index in [1.54, 1.807) is 31.2 Å². The first-order valence-corrected chi connectivity index (χ1v) is 8.97. The van der Waals surface area contributed by atoms with Crippen molar-refractivity contribution < 1.29 is 19.5 Å². The number of carboxylic acid groups (broad SMARTS) is 1. The highest BCUT2D eigenvalue weighted by Crippen LogP contribution is 2.27. The first-order valence-electron chi connectivity index (χ1n) is 8.97. The van der Waals surface area contributed by atoms with Crippen molar-refractivity contribution in [2.75, 3.05) is 13.1 Å². The Balaban J connectivity index is 2.55. The van der Waals surface area contributed by atoms with E-state index in [0.29, 0.717) is 24.9 Å². The van der Waals surface area contributed by atoms with Crippen molar-refractivity contribution in [3.05, 3.63) is 35.9 Å². The fraction of sp³-hybridized carbons (Fsp3) is 0.550. The van der Waals surface area contributed by atoms with Gasteiger partial charge in [0.25, 0.3) is 0 Å². The Hall–Kier alpha value is -2.37. The summed E-state index contributed by atoms with van der Waals surface area (Å²) in [7, 11) is 0. The molecule has 1 aromatic carbocycles. The van der Waals surface area contributed by atoms with Crippen molar-refractivity contribution >= 4 is 17.8 Å². The second-order valence-electron chi connectivity index (χ2n) is 7.49. The van der Waals surface area contributed by atoms with Gasteiger partial charge in [0, 0.05) is 24.9 Å². The molecule has 6 nitrogen and oxygen atoms in total. The molecule has 0 radical (unpaired) electrons. The van der Waals surface area contributed by atoms with Gasteiger partial charge >= 0.3 is 5.97 Å². The molecule has 6 heteroatoms. The molecule has 0 aliphatic heterocycles. The summed E-state index contributed by atoms with van der Waals surface area (Å²) in [6.45, 7) is 7.74. The third-order valence-electron chi connectivity index (χ3n) is 4.47. The van der Waals surface area contributed by atoms with Gasteiger partial charge in [-0.25, -0.2) is 0 Å². The molecule has 1 unspecified atom stereocenters. The minimum Gasteiger partial charge on any atom is -0.481 e. The van der Waals surface area contributed by atoms with Crippen molar-refractivity contribution in [3.63, 3.8) is 0 Å². The van der Waals surface area contributed by atoms with Crippen LogP contribution in [0.2, 0.25) is 0 Å². The van der Waals surface area contributed by atoms with Gasteiger partial charge in [0.1, 0.15) is 5.41 Å². The zero-order valence-corrected chi connectivity index (χ0v) is 16.1. The predicted molar refractivity (Wildman–Crippen MR) is 101 cm³/mol.